The van der Waals surface area contributed by atoms with E-state index in [4.69, 9.17) is 9.72 Å². The molecule has 12 nitrogen and oxygen atoms in total. The van der Waals surface area contributed by atoms with Crippen LogP contribution in [0.4, 0.5) is 21.0 Å². The number of alkyl halides is 1. The Bertz CT molecular complexity index is 1470. The summed E-state index contributed by atoms with van der Waals surface area (Å²) in [5.41, 5.74) is 2.19. The van der Waals surface area contributed by atoms with Gasteiger partial charge in [0.05, 0.1) is 11.7 Å². The fourth-order valence-electron chi connectivity index (χ4n) is 5.51. The zero-order valence-electron chi connectivity index (χ0n) is 21.6. The molecule has 204 valence electrons. The van der Waals surface area contributed by atoms with Gasteiger partial charge in [0.2, 0.25) is 5.95 Å². The molecule has 5 heterocycles. The Labute approximate surface area is 223 Å². The highest BCUT2D eigenvalue weighted by atomic mass is 19.1. The molecule has 3 atom stereocenters. The standard InChI is InChI=1S/C26H31FN10O2/c1-26(6-7-26)32-25(38)39-20-4-3-18(23(20)27)19-11-21(34-33-19)31-24-28-9-5-22-30-16(13-36(22)24)12-35-14-17(15-35)37-10-2-8-29-37/h2,5,8-11,13,17-18,20,23H,3-4,6-7,12,14-15H2,1H3,(H,32,38)(H2,28,31,33,34)/t18-,20-,23+/m0/s1. The highest BCUT2D eigenvalue weighted by Gasteiger charge is 2.43. The summed E-state index contributed by atoms with van der Waals surface area (Å²) < 4.78 is 24.5. The second-order valence-electron chi connectivity index (χ2n) is 11.2. The van der Waals surface area contributed by atoms with E-state index >= 15 is 4.39 Å². The van der Waals surface area contributed by atoms with Gasteiger partial charge in [-0.2, -0.15) is 10.2 Å². The minimum absolute atomic E-state index is 0.198. The van der Waals surface area contributed by atoms with E-state index in [0.717, 1.165) is 43.8 Å². The van der Waals surface area contributed by atoms with Crippen molar-refractivity contribution in [1.29, 1.82) is 0 Å². The van der Waals surface area contributed by atoms with Crippen LogP contribution in [0.2, 0.25) is 0 Å². The van der Waals surface area contributed by atoms with Gasteiger partial charge in [0.1, 0.15) is 17.9 Å². The van der Waals surface area contributed by atoms with Crippen LogP contribution in [0.3, 0.4) is 0 Å². The number of aromatic amines is 1. The fraction of sp³-hybridized carbons (Fsp3) is 0.500. The van der Waals surface area contributed by atoms with Gasteiger partial charge in [0.15, 0.2) is 5.82 Å². The second kappa shape index (κ2) is 9.33. The number of halogens is 1. The van der Waals surface area contributed by atoms with Crippen molar-refractivity contribution in [1.82, 2.24) is 44.6 Å². The number of hydrogen-bond donors (Lipinski definition) is 3. The summed E-state index contributed by atoms with van der Waals surface area (Å²) in [5, 5.41) is 17.7. The van der Waals surface area contributed by atoms with Crippen LogP contribution < -0.4 is 10.6 Å². The largest absolute Gasteiger partial charge is 0.443 e. The van der Waals surface area contributed by atoms with Gasteiger partial charge in [0.25, 0.3) is 0 Å². The number of carbonyl (C=O) groups is 1. The Balaban J connectivity index is 0.982. The lowest BCUT2D eigenvalue weighted by atomic mass is 10.0. The van der Waals surface area contributed by atoms with Gasteiger partial charge in [-0.1, -0.05) is 0 Å². The van der Waals surface area contributed by atoms with Crippen molar-refractivity contribution in [3.63, 3.8) is 0 Å². The molecule has 1 aliphatic heterocycles. The Morgan fingerprint density at radius 1 is 1.28 bits per heavy atom. The average molecular weight is 535 g/mol. The number of anilines is 2. The summed E-state index contributed by atoms with van der Waals surface area (Å²) in [6, 6.07) is 6.00. The molecule has 3 fully saturated rings. The van der Waals surface area contributed by atoms with Gasteiger partial charge in [0, 0.05) is 67.6 Å². The number of nitrogens with one attached hydrogen (secondary N) is 3. The maximum atomic E-state index is 15.2. The molecule has 7 rings (SSSR count). The fourth-order valence-corrected chi connectivity index (χ4v) is 5.51. The number of nitrogens with zero attached hydrogens (tertiary/aromatic N) is 7. The molecule has 3 N–H and O–H groups in total. The monoisotopic (exact) mass is 534 g/mol. The number of likely N-dealkylation sites (tertiary alicyclic amines) is 1. The van der Waals surface area contributed by atoms with Crippen molar-refractivity contribution >= 4 is 23.5 Å². The van der Waals surface area contributed by atoms with Crippen molar-refractivity contribution in [3.8, 4) is 0 Å². The van der Waals surface area contributed by atoms with Gasteiger partial charge in [-0.05, 0) is 44.7 Å². The lowest BCUT2D eigenvalue weighted by Crippen LogP contribution is -2.47. The molecule has 13 heteroatoms. The van der Waals surface area contributed by atoms with Crippen LogP contribution >= 0.6 is 0 Å². The van der Waals surface area contributed by atoms with Crippen LogP contribution in [-0.2, 0) is 11.3 Å². The molecular weight excluding hydrogens is 503 g/mol. The number of fused-ring (bicyclic) bond motifs is 1. The SMILES string of the molecule is CC1(NC(=O)O[C@H]2CC[C@@H](c3cc(Nc4nccc5nc(CN6CC(n7cccn7)C6)cn45)n[nH]3)[C@H]2F)CC1. The van der Waals surface area contributed by atoms with Gasteiger partial charge < -0.3 is 15.4 Å². The number of aromatic nitrogens is 7. The quantitative estimate of drug-likeness (QED) is 0.314. The third kappa shape index (κ3) is 4.82. The number of H-pyrrole nitrogens is 1. The molecule has 0 spiro atoms. The van der Waals surface area contributed by atoms with E-state index in [0.29, 0.717) is 36.3 Å². The zero-order chi connectivity index (χ0) is 26.6. The first-order valence-electron chi connectivity index (χ1n) is 13.4. The van der Waals surface area contributed by atoms with Crippen LogP contribution in [0, 0.1) is 0 Å². The predicted molar refractivity (Wildman–Crippen MR) is 139 cm³/mol. The maximum absolute atomic E-state index is 15.2. The summed E-state index contributed by atoms with van der Waals surface area (Å²) in [4.78, 5) is 23.7. The van der Waals surface area contributed by atoms with Crippen molar-refractivity contribution in [2.45, 2.75) is 68.9 Å². The van der Waals surface area contributed by atoms with Crippen molar-refractivity contribution in [3.05, 3.63) is 54.4 Å². The molecule has 0 bridgehead atoms. The number of ether oxygens (including phenoxy) is 1. The molecule has 1 amide bonds. The molecule has 0 aromatic carbocycles. The minimum Gasteiger partial charge on any atom is -0.443 e. The van der Waals surface area contributed by atoms with Crippen LogP contribution in [0.5, 0.6) is 0 Å². The number of carbonyl (C=O) groups excluding carboxylic acids is 1. The zero-order valence-corrected chi connectivity index (χ0v) is 21.6. The minimum atomic E-state index is -1.30. The van der Waals surface area contributed by atoms with E-state index in [1.807, 2.05) is 40.5 Å². The summed E-state index contributed by atoms with van der Waals surface area (Å²) >= 11 is 0. The summed E-state index contributed by atoms with van der Waals surface area (Å²) in [5.74, 6) is 0.672. The summed E-state index contributed by atoms with van der Waals surface area (Å²) in [6.45, 7) is 4.57. The maximum Gasteiger partial charge on any atom is 0.407 e. The molecule has 39 heavy (non-hydrogen) atoms. The molecule has 2 saturated carbocycles. The predicted octanol–water partition coefficient (Wildman–Crippen LogP) is 3.31. The van der Waals surface area contributed by atoms with Gasteiger partial charge >= 0.3 is 6.09 Å². The second-order valence-corrected chi connectivity index (χ2v) is 11.2. The van der Waals surface area contributed by atoms with E-state index in [2.05, 4.69) is 35.8 Å². The third-order valence-corrected chi connectivity index (χ3v) is 8.06. The Hall–Kier alpha value is -4.00. The van der Waals surface area contributed by atoms with Gasteiger partial charge in [-0.25, -0.2) is 19.2 Å². The molecular formula is C26H31FN10O2. The first-order valence-corrected chi connectivity index (χ1v) is 13.4. The Morgan fingerprint density at radius 2 is 2.15 bits per heavy atom. The number of imidazole rings is 1. The normalized spacial score (nSPS) is 24.5. The lowest BCUT2D eigenvalue weighted by molar-refractivity contribution is 0.0546. The van der Waals surface area contributed by atoms with E-state index in [-0.39, 0.29) is 5.54 Å². The molecule has 3 aliphatic rings. The topological polar surface area (TPSA) is 130 Å². The summed E-state index contributed by atoms with van der Waals surface area (Å²) in [6.07, 6.45) is 7.75. The highest BCUT2D eigenvalue weighted by Crippen LogP contribution is 2.39. The number of hydrogen-bond acceptors (Lipinski definition) is 8. The number of rotatable bonds is 8. The lowest BCUT2D eigenvalue weighted by Gasteiger charge is -2.38. The van der Waals surface area contributed by atoms with Crippen LogP contribution in [0.25, 0.3) is 5.65 Å². The van der Waals surface area contributed by atoms with Crippen LogP contribution in [0.1, 0.15) is 56.0 Å². The van der Waals surface area contributed by atoms with E-state index in [1.165, 1.54) is 0 Å². The van der Waals surface area contributed by atoms with Crippen molar-refractivity contribution < 1.29 is 13.9 Å². The first-order chi connectivity index (χ1) is 18.9. The Morgan fingerprint density at radius 3 is 2.95 bits per heavy atom. The number of alkyl carbamates (subject to hydrolysis) is 1. The van der Waals surface area contributed by atoms with E-state index in [9.17, 15) is 4.79 Å². The summed E-state index contributed by atoms with van der Waals surface area (Å²) in [7, 11) is 0. The van der Waals surface area contributed by atoms with E-state index in [1.54, 1.807) is 18.5 Å². The van der Waals surface area contributed by atoms with Crippen LogP contribution in [-0.4, -0.2) is 76.2 Å². The van der Waals surface area contributed by atoms with E-state index < -0.39 is 24.3 Å². The molecule has 0 unspecified atom stereocenters. The van der Waals surface area contributed by atoms with Gasteiger partial charge in [-0.15, -0.1) is 0 Å². The number of amides is 1. The molecule has 4 aromatic rings. The highest BCUT2D eigenvalue weighted by molar-refractivity contribution is 5.69. The van der Waals surface area contributed by atoms with Crippen molar-refractivity contribution in [2.75, 3.05) is 18.4 Å². The molecule has 0 radical (unpaired) electrons. The third-order valence-electron chi connectivity index (χ3n) is 8.06. The molecule has 1 saturated heterocycles. The van der Waals surface area contributed by atoms with Crippen molar-refractivity contribution in [2.24, 2.45) is 0 Å². The molecule has 2 aliphatic carbocycles. The smallest absolute Gasteiger partial charge is 0.407 e. The molecule has 4 aromatic heterocycles. The average Bonchev–Trinajstić information content (AvgIpc) is 3.42. The van der Waals surface area contributed by atoms with Gasteiger partial charge in [-0.3, -0.25) is 19.1 Å². The van der Waals surface area contributed by atoms with Crippen LogP contribution in [0.15, 0.2) is 43.0 Å². The Kier molecular flexibility index (Phi) is 5.76. The first kappa shape index (κ1) is 24.1.